The Morgan fingerprint density at radius 1 is 0.704 bits per heavy atom. The molecule has 0 unspecified atom stereocenters. The van der Waals surface area contributed by atoms with E-state index in [1.165, 1.54) is 0 Å². The first-order valence-corrected chi connectivity index (χ1v) is 8.58. The zero-order chi connectivity index (χ0) is 21.7. The fraction of sp³-hybridized carbons (Fsp3) is 0.778. The number of carboxylic acid groups (broad SMARTS) is 2. The van der Waals surface area contributed by atoms with Gasteiger partial charge in [-0.3, -0.25) is 19.2 Å². The van der Waals surface area contributed by atoms with Gasteiger partial charge in [0.1, 0.15) is 24.4 Å². The molecule has 0 aromatic carbocycles. The SMILES string of the molecule is CC(C)[O-].CC(C)[O-].CCCC(=O)CC(=O)O.CCCC(=O)CC(=O)O.[Ti+2]. The number of hydrogen-bond acceptors (Lipinski definition) is 6. The van der Waals surface area contributed by atoms with E-state index in [2.05, 4.69) is 0 Å². The summed E-state index contributed by atoms with van der Waals surface area (Å²) >= 11 is 0. The summed E-state index contributed by atoms with van der Waals surface area (Å²) in [5, 5.41) is 35.2. The Labute approximate surface area is 177 Å². The average molecular weight is 426 g/mol. The van der Waals surface area contributed by atoms with Crippen LogP contribution in [0.15, 0.2) is 0 Å². The van der Waals surface area contributed by atoms with Crippen LogP contribution in [0.25, 0.3) is 0 Å². The van der Waals surface area contributed by atoms with E-state index in [-0.39, 0.29) is 46.1 Å². The van der Waals surface area contributed by atoms with Crippen molar-refractivity contribution in [2.24, 2.45) is 0 Å². The van der Waals surface area contributed by atoms with Crippen molar-refractivity contribution in [3.05, 3.63) is 0 Å². The summed E-state index contributed by atoms with van der Waals surface area (Å²) in [6, 6.07) is 0. The van der Waals surface area contributed by atoms with E-state index < -0.39 is 24.1 Å². The van der Waals surface area contributed by atoms with E-state index >= 15 is 0 Å². The number of carbonyl (C=O) groups excluding carboxylic acids is 2. The maximum Gasteiger partial charge on any atom is 2.00 e. The van der Waals surface area contributed by atoms with E-state index in [0.717, 1.165) is 12.8 Å². The van der Waals surface area contributed by atoms with Crippen molar-refractivity contribution < 1.29 is 61.3 Å². The molecule has 2 N–H and O–H groups in total. The van der Waals surface area contributed by atoms with Crippen LogP contribution in [-0.4, -0.2) is 45.9 Å². The average Bonchev–Trinajstić information content (AvgIpc) is 2.36. The van der Waals surface area contributed by atoms with Gasteiger partial charge in [0.15, 0.2) is 0 Å². The molecule has 0 radical (unpaired) electrons. The predicted molar refractivity (Wildman–Crippen MR) is 94.6 cm³/mol. The van der Waals surface area contributed by atoms with Crippen molar-refractivity contribution in [1.82, 2.24) is 0 Å². The van der Waals surface area contributed by atoms with Crippen molar-refractivity contribution >= 4 is 23.5 Å². The summed E-state index contributed by atoms with van der Waals surface area (Å²) < 4.78 is 0. The van der Waals surface area contributed by atoms with Gasteiger partial charge in [0, 0.05) is 12.8 Å². The molecule has 9 heteroatoms. The van der Waals surface area contributed by atoms with Gasteiger partial charge < -0.3 is 20.4 Å². The largest absolute Gasteiger partial charge is 2.00 e. The minimum absolute atomic E-state index is 0. The normalized spacial score (nSPS) is 8.67. The van der Waals surface area contributed by atoms with Crippen LogP contribution >= 0.6 is 0 Å². The van der Waals surface area contributed by atoms with Gasteiger partial charge in [-0.05, 0) is 12.8 Å². The quantitative estimate of drug-likeness (QED) is 0.433. The number of hydrogen-bond donors (Lipinski definition) is 2. The van der Waals surface area contributed by atoms with Gasteiger partial charge in [-0.2, -0.15) is 0 Å². The molecule has 0 aliphatic heterocycles. The Morgan fingerprint density at radius 2 is 0.889 bits per heavy atom. The molecule has 0 aliphatic rings. The third kappa shape index (κ3) is 78.4. The molecule has 27 heavy (non-hydrogen) atoms. The minimum atomic E-state index is -1.03. The molecule has 0 fully saturated rings. The second-order valence-corrected chi connectivity index (χ2v) is 5.82. The molecule has 0 atom stereocenters. The topological polar surface area (TPSA) is 155 Å². The summed E-state index contributed by atoms with van der Waals surface area (Å²) in [6.07, 6.45) is 0.735. The molecule has 8 nitrogen and oxygen atoms in total. The van der Waals surface area contributed by atoms with Crippen molar-refractivity contribution in [2.45, 2.75) is 92.3 Å². The van der Waals surface area contributed by atoms with Crippen molar-refractivity contribution in [3.8, 4) is 0 Å². The standard InChI is InChI=1S/2C6H10O3.2C3H7O.Ti/c2*1-2-3-5(7)4-6(8)9;2*1-3(2)4;/h2*2-4H2,1H3,(H,8,9);2*3H,1-2H3;/q;;2*-1;+2. The Kier molecular flexibility index (Phi) is 37.0. The van der Waals surface area contributed by atoms with Crippen LogP contribution in [0.2, 0.25) is 0 Å². The third-order valence-corrected chi connectivity index (χ3v) is 1.75. The minimum Gasteiger partial charge on any atom is -0.852 e. The van der Waals surface area contributed by atoms with Gasteiger partial charge in [-0.15, -0.1) is 12.2 Å². The van der Waals surface area contributed by atoms with Crippen LogP contribution < -0.4 is 10.2 Å². The molecule has 0 amide bonds. The predicted octanol–water partition coefficient (Wildman–Crippen LogP) is 1.17. The van der Waals surface area contributed by atoms with Crippen molar-refractivity contribution in [3.63, 3.8) is 0 Å². The number of rotatable bonds is 8. The van der Waals surface area contributed by atoms with Crippen LogP contribution in [-0.2, 0) is 40.9 Å². The third-order valence-electron chi connectivity index (χ3n) is 1.75. The van der Waals surface area contributed by atoms with Crippen LogP contribution in [0.1, 0.15) is 80.1 Å². The molecule has 0 aromatic rings. The Hall–Kier alpha value is -1.09. The van der Waals surface area contributed by atoms with Crippen molar-refractivity contribution in [1.29, 1.82) is 0 Å². The first-order chi connectivity index (χ1) is 11.8. The second kappa shape index (κ2) is 27.1. The Balaban J connectivity index is -0.0000000843. The maximum absolute atomic E-state index is 10.5. The van der Waals surface area contributed by atoms with Gasteiger partial charge in [0.05, 0.1) is 0 Å². The van der Waals surface area contributed by atoms with Gasteiger partial charge >= 0.3 is 33.7 Å². The van der Waals surface area contributed by atoms with Gasteiger partial charge in [-0.1, -0.05) is 41.5 Å². The summed E-state index contributed by atoms with van der Waals surface area (Å²) in [4.78, 5) is 40.7. The van der Waals surface area contributed by atoms with Gasteiger partial charge in [-0.25, -0.2) is 0 Å². The fourth-order valence-electron chi connectivity index (χ4n) is 1.07. The molecule has 158 valence electrons. The van der Waals surface area contributed by atoms with E-state index in [1.54, 1.807) is 27.7 Å². The number of Topliss-reactive ketones (excluding diaryl/α,β-unsaturated/α-hetero) is 2. The number of carbonyl (C=O) groups is 4. The van der Waals surface area contributed by atoms with Gasteiger partial charge in [0.2, 0.25) is 0 Å². The zero-order valence-corrected chi connectivity index (χ0v) is 18.8. The molecular weight excluding hydrogens is 392 g/mol. The van der Waals surface area contributed by atoms with E-state index in [1.807, 2.05) is 13.8 Å². The molecule has 0 spiro atoms. The number of aliphatic carboxylic acids is 2. The monoisotopic (exact) mass is 426 g/mol. The Morgan fingerprint density at radius 3 is 1.00 bits per heavy atom. The summed E-state index contributed by atoms with van der Waals surface area (Å²) in [7, 11) is 0. The first kappa shape index (κ1) is 36.8. The number of ketones is 2. The molecule has 0 heterocycles. The second-order valence-electron chi connectivity index (χ2n) is 5.82. The summed E-state index contributed by atoms with van der Waals surface area (Å²) in [5.74, 6) is -2.45. The molecule has 0 aromatic heterocycles. The van der Waals surface area contributed by atoms with Crippen LogP contribution in [0.4, 0.5) is 0 Å². The van der Waals surface area contributed by atoms with Crippen LogP contribution in [0.3, 0.4) is 0 Å². The molecule has 0 rings (SSSR count). The Bertz CT molecular complexity index is 340. The maximum atomic E-state index is 10.5. The summed E-state index contributed by atoms with van der Waals surface area (Å²) in [5.41, 5.74) is 0. The van der Waals surface area contributed by atoms with E-state index in [9.17, 15) is 29.4 Å². The molecule has 0 saturated carbocycles. The molecule has 0 saturated heterocycles. The fourth-order valence-corrected chi connectivity index (χ4v) is 1.07. The van der Waals surface area contributed by atoms with Crippen molar-refractivity contribution in [2.75, 3.05) is 0 Å². The van der Waals surface area contributed by atoms with Crippen LogP contribution in [0, 0.1) is 0 Å². The van der Waals surface area contributed by atoms with Gasteiger partial charge in [0.25, 0.3) is 0 Å². The molecule has 0 bridgehead atoms. The zero-order valence-electron chi connectivity index (χ0n) is 17.2. The smallest absolute Gasteiger partial charge is 0.852 e. The number of carboxylic acids is 2. The molecule has 0 aliphatic carbocycles. The van der Waals surface area contributed by atoms with Crippen LogP contribution in [0.5, 0.6) is 0 Å². The summed E-state index contributed by atoms with van der Waals surface area (Å²) in [6.45, 7) is 10.1. The van der Waals surface area contributed by atoms with E-state index in [4.69, 9.17) is 10.2 Å². The molecular formula is C18H34O8Ti. The first-order valence-electron chi connectivity index (χ1n) is 8.58. The van der Waals surface area contributed by atoms with E-state index in [0.29, 0.717) is 12.8 Å².